The molecule has 1 unspecified atom stereocenters. The van der Waals surface area contributed by atoms with Gasteiger partial charge in [0.25, 0.3) is 5.82 Å². The molecule has 1 aromatic rings. The van der Waals surface area contributed by atoms with Gasteiger partial charge in [0.1, 0.15) is 5.82 Å². The molecule has 0 radical (unpaired) electrons. The molecular formula is C7H8ClN3O2. The summed E-state index contributed by atoms with van der Waals surface area (Å²) in [4.78, 5) is 14.4. The van der Waals surface area contributed by atoms with Crippen LogP contribution in [0.25, 0.3) is 0 Å². The first-order valence-electron chi connectivity index (χ1n) is 3.98. The molecule has 0 fully saturated rings. The van der Waals surface area contributed by atoms with E-state index >= 15 is 0 Å². The van der Waals surface area contributed by atoms with Crippen LogP contribution in [0.4, 0.5) is 0 Å². The van der Waals surface area contributed by atoms with E-state index in [9.17, 15) is 4.79 Å². The summed E-state index contributed by atoms with van der Waals surface area (Å²) in [6, 6.07) is 0. The molecule has 6 heteroatoms. The van der Waals surface area contributed by atoms with Gasteiger partial charge in [-0.15, -0.1) is 16.7 Å². The van der Waals surface area contributed by atoms with E-state index in [-0.39, 0.29) is 11.2 Å². The zero-order valence-corrected chi connectivity index (χ0v) is 7.53. The van der Waals surface area contributed by atoms with Gasteiger partial charge < -0.3 is 5.11 Å². The second kappa shape index (κ2) is 2.99. The number of rotatable bonds is 1. The van der Waals surface area contributed by atoms with Crippen LogP contribution in [0.1, 0.15) is 22.9 Å². The van der Waals surface area contributed by atoms with Gasteiger partial charge in [0.05, 0.1) is 0 Å². The Balaban J connectivity index is 2.33. The summed E-state index contributed by atoms with van der Waals surface area (Å²) in [5.74, 6) is -0.558. The van der Waals surface area contributed by atoms with Gasteiger partial charge >= 0.3 is 5.97 Å². The number of carboxylic acid groups (broad SMARTS) is 1. The topological polar surface area (TPSA) is 68.0 Å². The Kier molecular flexibility index (Phi) is 1.95. The van der Waals surface area contributed by atoms with E-state index in [2.05, 4.69) is 10.1 Å². The Morgan fingerprint density at radius 3 is 3.15 bits per heavy atom. The number of aromatic carboxylic acids is 1. The molecule has 1 aliphatic rings. The zero-order chi connectivity index (χ0) is 9.42. The highest BCUT2D eigenvalue weighted by Gasteiger charge is 2.22. The van der Waals surface area contributed by atoms with Crippen molar-refractivity contribution in [2.75, 3.05) is 0 Å². The number of halogens is 1. The monoisotopic (exact) mass is 201 g/mol. The number of fused-ring (bicyclic) bond motifs is 1. The van der Waals surface area contributed by atoms with E-state index in [0.717, 1.165) is 6.42 Å². The molecule has 0 amide bonds. The Morgan fingerprint density at radius 2 is 2.46 bits per heavy atom. The maximum Gasteiger partial charge on any atom is 0.375 e. The smallest absolute Gasteiger partial charge is 0.375 e. The number of hydrogen-bond acceptors (Lipinski definition) is 3. The molecule has 0 bridgehead atoms. The van der Waals surface area contributed by atoms with Gasteiger partial charge in [-0.05, 0) is 6.42 Å². The Labute approximate surface area is 79.3 Å². The first-order chi connectivity index (χ1) is 6.16. The molecule has 1 aliphatic heterocycles. The van der Waals surface area contributed by atoms with Gasteiger partial charge in [-0.1, -0.05) is 0 Å². The van der Waals surface area contributed by atoms with Crippen molar-refractivity contribution in [1.82, 2.24) is 14.8 Å². The van der Waals surface area contributed by atoms with Crippen molar-refractivity contribution in [1.29, 1.82) is 0 Å². The van der Waals surface area contributed by atoms with Crippen molar-refractivity contribution >= 4 is 17.6 Å². The maximum atomic E-state index is 10.5. The van der Waals surface area contributed by atoms with Gasteiger partial charge in [0, 0.05) is 18.3 Å². The standard InChI is InChI=1S/C7H8ClN3O2/c8-4-1-2-11-5(3-4)9-6(10-11)7(12)13/h4H,1-3H2,(H,12,13). The Morgan fingerprint density at radius 1 is 1.69 bits per heavy atom. The third-order valence-electron chi connectivity index (χ3n) is 2.00. The van der Waals surface area contributed by atoms with E-state index in [1.54, 1.807) is 4.68 Å². The van der Waals surface area contributed by atoms with Crippen molar-refractivity contribution in [3.8, 4) is 0 Å². The zero-order valence-electron chi connectivity index (χ0n) is 6.77. The van der Waals surface area contributed by atoms with E-state index in [0.29, 0.717) is 18.8 Å². The van der Waals surface area contributed by atoms with E-state index in [4.69, 9.17) is 16.7 Å². The lowest BCUT2D eigenvalue weighted by Gasteiger charge is -2.15. The van der Waals surface area contributed by atoms with E-state index < -0.39 is 5.97 Å². The summed E-state index contributed by atoms with van der Waals surface area (Å²) in [6.45, 7) is 0.657. The summed E-state index contributed by atoms with van der Waals surface area (Å²) in [5.41, 5.74) is 0. The lowest BCUT2D eigenvalue weighted by Crippen LogP contribution is -2.20. The number of aryl methyl sites for hydroxylation is 1. The first-order valence-corrected chi connectivity index (χ1v) is 4.41. The van der Waals surface area contributed by atoms with E-state index in [1.807, 2.05) is 0 Å². The summed E-state index contributed by atoms with van der Waals surface area (Å²) in [5, 5.41) is 12.5. The predicted octanol–water partition coefficient (Wildman–Crippen LogP) is 0.530. The van der Waals surface area contributed by atoms with E-state index in [1.165, 1.54) is 0 Å². The predicted molar refractivity (Wildman–Crippen MR) is 44.9 cm³/mol. The SMILES string of the molecule is O=C(O)c1nc2n(n1)CCC(Cl)C2. The summed E-state index contributed by atoms with van der Waals surface area (Å²) in [7, 11) is 0. The van der Waals surface area contributed by atoms with Crippen molar-refractivity contribution in [3.63, 3.8) is 0 Å². The van der Waals surface area contributed by atoms with Crippen molar-refractivity contribution < 1.29 is 9.90 Å². The number of aromatic nitrogens is 3. The van der Waals surface area contributed by atoms with Crippen molar-refractivity contribution in [2.45, 2.75) is 24.8 Å². The number of nitrogens with zero attached hydrogens (tertiary/aromatic N) is 3. The molecule has 0 aromatic carbocycles. The Bertz CT molecular complexity index is 350. The quantitative estimate of drug-likeness (QED) is 0.673. The van der Waals surface area contributed by atoms with Crippen LogP contribution >= 0.6 is 11.6 Å². The third-order valence-corrected chi connectivity index (χ3v) is 2.37. The average Bonchev–Trinajstić information content (AvgIpc) is 2.46. The average molecular weight is 202 g/mol. The molecule has 2 heterocycles. The van der Waals surface area contributed by atoms with Crippen LogP contribution in [-0.2, 0) is 13.0 Å². The minimum Gasteiger partial charge on any atom is -0.475 e. The van der Waals surface area contributed by atoms with Crippen LogP contribution in [0.2, 0.25) is 0 Å². The van der Waals surface area contributed by atoms with Crippen LogP contribution in [0.15, 0.2) is 0 Å². The fourth-order valence-corrected chi connectivity index (χ4v) is 1.59. The molecule has 1 atom stereocenters. The van der Waals surface area contributed by atoms with Crippen LogP contribution in [0.3, 0.4) is 0 Å². The molecular weight excluding hydrogens is 194 g/mol. The van der Waals surface area contributed by atoms with Crippen LogP contribution in [0.5, 0.6) is 0 Å². The van der Waals surface area contributed by atoms with Crippen molar-refractivity contribution in [2.24, 2.45) is 0 Å². The van der Waals surface area contributed by atoms with Crippen LogP contribution in [-0.4, -0.2) is 31.2 Å². The van der Waals surface area contributed by atoms with Gasteiger partial charge in [-0.3, -0.25) is 0 Å². The lowest BCUT2D eigenvalue weighted by atomic mass is 10.2. The molecule has 0 saturated carbocycles. The molecule has 2 rings (SSSR count). The van der Waals surface area contributed by atoms with Gasteiger partial charge in [-0.2, -0.15) is 0 Å². The molecule has 13 heavy (non-hydrogen) atoms. The molecule has 0 aliphatic carbocycles. The molecule has 0 saturated heterocycles. The highest BCUT2D eigenvalue weighted by molar-refractivity contribution is 6.20. The Hall–Kier alpha value is -1.10. The number of alkyl halides is 1. The lowest BCUT2D eigenvalue weighted by molar-refractivity contribution is 0.0683. The maximum absolute atomic E-state index is 10.5. The normalized spacial score (nSPS) is 21.2. The fourth-order valence-electron chi connectivity index (χ4n) is 1.36. The fraction of sp³-hybridized carbons (Fsp3) is 0.571. The number of carbonyl (C=O) groups is 1. The molecule has 70 valence electrons. The highest BCUT2D eigenvalue weighted by Crippen LogP contribution is 2.17. The highest BCUT2D eigenvalue weighted by atomic mass is 35.5. The molecule has 1 N–H and O–H groups in total. The summed E-state index contributed by atoms with van der Waals surface area (Å²) < 4.78 is 1.61. The van der Waals surface area contributed by atoms with Crippen LogP contribution in [0, 0.1) is 0 Å². The van der Waals surface area contributed by atoms with Crippen LogP contribution < -0.4 is 0 Å². The molecule has 0 spiro atoms. The summed E-state index contributed by atoms with van der Waals surface area (Å²) in [6.07, 6.45) is 1.42. The molecule has 5 nitrogen and oxygen atoms in total. The minimum atomic E-state index is -1.09. The minimum absolute atomic E-state index is 0.0540. The van der Waals surface area contributed by atoms with Crippen molar-refractivity contribution in [3.05, 3.63) is 11.6 Å². The first kappa shape index (κ1) is 8.50. The third kappa shape index (κ3) is 1.51. The van der Waals surface area contributed by atoms with Gasteiger partial charge in [0.2, 0.25) is 0 Å². The van der Waals surface area contributed by atoms with Gasteiger partial charge in [-0.25, -0.2) is 14.5 Å². The largest absolute Gasteiger partial charge is 0.475 e. The second-order valence-electron chi connectivity index (χ2n) is 2.97. The van der Waals surface area contributed by atoms with Gasteiger partial charge in [0.15, 0.2) is 0 Å². The molecule has 1 aromatic heterocycles. The number of carboxylic acids is 1. The summed E-state index contributed by atoms with van der Waals surface area (Å²) >= 11 is 5.90. The second-order valence-corrected chi connectivity index (χ2v) is 3.59. The number of hydrogen-bond donors (Lipinski definition) is 1.